The zero-order chi connectivity index (χ0) is 13.0. The molecular weight excluding hydrogens is 230 g/mol. The van der Waals surface area contributed by atoms with Crippen molar-refractivity contribution in [3.8, 4) is 0 Å². The number of ether oxygens (including phenoxy) is 1. The van der Waals surface area contributed by atoms with E-state index in [1.54, 1.807) is 0 Å². The standard InChI is InChI=1S/C14H25NO3/c1-2-6-14(13(16)17)7-3-8-15(11-14)12-4-9-18-10-5-12/h12H,2-11H2,1H3,(H,16,17). The zero-order valence-corrected chi connectivity index (χ0v) is 11.4. The van der Waals surface area contributed by atoms with E-state index in [4.69, 9.17) is 4.74 Å². The second-order valence-electron chi connectivity index (χ2n) is 5.75. The lowest BCUT2D eigenvalue weighted by molar-refractivity contribution is -0.154. The second-order valence-corrected chi connectivity index (χ2v) is 5.75. The Morgan fingerprint density at radius 2 is 2.17 bits per heavy atom. The number of piperidine rings is 1. The maximum atomic E-state index is 11.6. The molecule has 0 aliphatic carbocycles. The molecule has 2 heterocycles. The van der Waals surface area contributed by atoms with E-state index < -0.39 is 11.4 Å². The Morgan fingerprint density at radius 1 is 1.44 bits per heavy atom. The quantitative estimate of drug-likeness (QED) is 0.836. The van der Waals surface area contributed by atoms with Gasteiger partial charge in [-0.2, -0.15) is 0 Å². The minimum atomic E-state index is -0.596. The highest BCUT2D eigenvalue weighted by Crippen LogP contribution is 2.36. The van der Waals surface area contributed by atoms with Gasteiger partial charge in [0.1, 0.15) is 0 Å². The van der Waals surface area contributed by atoms with E-state index in [1.165, 1.54) is 0 Å². The number of nitrogens with zero attached hydrogens (tertiary/aromatic N) is 1. The third-order valence-corrected chi connectivity index (χ3v) is 4.50. The van der Waals surface area contributed by atoms with Crippen molar-refractivity contribution in [3.63, 3.8) is 0 Å². The molecule has 2 saturated heterocycles. The number of carboxylic acid groups (broad SMARTS) is 1. The van der Waals surface area contributed by atoms with Gasteiger partial charge in [0.2, 0.25) is 0 Å². The molecule has 2 rings (SSSR count). The van der Waals surface area contributed by atoms with Crippen LogP contribution in [0.1, 0.15) is 45.4 Å². The molecule has 0 bridgehead atoms. The molecule has 2 aliphatic rings. The molecule has 104 valence electrons. The first kappa shape index (κ1) is 13.8. The van der Waals surface area contributed by atoms with Crippen LogP contribution in [0, 0.1) is 5.41 Å². The Morgan fingerprint density at radius 3 is 2.78 bits per heavy atom. The van der Waals surface area contributed by atoms with Crippen LogP contribution in [0.5, 0.6) is 0 Å². The highest BCUT2D eigenvalue weighted by Gasteiger charge is 2.43. The van der Waals surface area contributed by atoms with Gasteiger partial charge in [-0.3, -0.25) is 9.69 Å². The van der Waals surface area contributed by atoms with Gasteiger partial charge in [-0.15, -0.1) is 0 Å². The summed E-state index contributed by atoms with van der Waals surface area (Å²) in [5, 5.41) is 9.58. The van der Waals surface area contributed by atoms with Gasteiger partial charge in [-0.25, -0.2) is 0 Å². The van der Waals surface area contributed by atoms with Gasteiger partial charge in [0.15, 0.2) is 0 Å². The van der Waals surface area contributed by atoms with Gasteiger partial charge in [0.25, 0.3) is 0 Å². The van der Waals surface area contributed by atoms with Crippen LogP contribution in [0.25, 0.3) is 0 Å². The lowest BCUT2D eigenvalue weighted by Gasteiger charge is -2.44. The predicted molar refractivity (Wildman–Crippen MR) is 69.6 cm³/mol. The van der Waals surface area contributed by atoms with E-state index in [0.29, 0.717) is 6.04 Å². The van der Waals surface area contributed by atoms with Gasteiger partial charge in [0, 0.05) is 25.8 Å². The molecule has 0 radical (unpaired) electrons. The molecule has 2 aliphatic heterocycles. The highest BCUT2D eigenvalue weighted by atomic mass is 16.5. The SMILES string of the molecule is CCCC1(C(=O)O)CCCN(C2CCOCC2)C1. The number of aliphatic carboxylic acids is 1. The van der Waals surface area contributed by atoms with E-state index in [2.05, 4.69) is 11.8 Å². The van der Waals surface area contributed by atoms with E-state index >= 15 is 0 Å². The van der Waals surface area contributed by atoms with Gasteiger partial charge in [-0.05, 0) is 38.6 Å². The Balaban J connectivity index is 2.03. The average molecular weight is 255 g/mol. The van der Waals surface area contributed by atoms with Crippen LogP contribution in [-0.2, 0) is 9.53 Å². The fourth-order valence-electron chi connectivity index (χ4n) is 3.49. The summed E-state index contributed by atoms with van der Waals surface area (Å²) in [5.41, 5.74) is -0.495. The average Bonchev–Trinajstić information content (AvgIpc) is 2.40. The Labute approximate surface area is 109 Å². The van der Waals surface area contributed by atoms with Crippen molar-refractivity contribution in [2.24, 2.45) is 5.41 Å². The first-order valence-electron chi connectivity index (χ1n) is 7.23. The van der Waals surface area contributed by atoms with Crippen LogP contribution < -0.4 is 0 Å². The molecule has 0 spiro atoms. The third kappa shape index (κ3) is 2.86. The molecule has 0 aromatic heterocycles. The molecule has 0 saturated carbocycles. The largest absolute Gasteiger partial charge is 0.481 e. The number of likely N-dealkylation sites (tertiary alicyclic amines) is 1. The molecule has 4 nitrogen and oxygen atoms in total. The summed E-state index contributed by atoms with van der Waals surface area (Å²) < 4.78 is 5.39. The monoisotopic (exact) mass is 255 g/mol. The normalized spacial score (nSPS) is 31.4. The van der Waals surface area contributed by atoms with Gasteiger partial charge in [0.05, 0.1) is 5.41 Å². The number of carbonyl (C=O) groups is 1. The Hall–Kier alpha value is -0.610. The summed E-state index contributed by atoms with van der Waals surface area (Å²) in [7, 11) is 0. The molecule has 1 unspecified atom stereocenters. The number of rotatable bonds is 4. The van der Waals surface area contributed by atoms with Gasteiger partial charge < -0.3 is 9.84 Å². The summed E-state index contributed by atoms with van der Waals surface area (Å²) in [4.78, 5) is 14.1. The van der Waals surface area contributed by atoms with E-state index in [-0.39, 0.29) is 0 Å². The van der Waals surface area contributed by atoms with Crippen molar-refractivity contribution in [1.29, 1.82) is 0 Å². The maximum absolute atomic E-state index is 11.6. The minimum absolute atomic E-state index is 0.495. The van der Waals surface area contributed by atoms with Crippen LogP contribution in [0.15, 0.2) is 0 Å². The van der Waals surface area contributed by atoms with Crippen molar-refractivity contribution >= 4 is 5.97 Å². The van der Waals surface area contributed by atoms with E-state index in [1.807, 2.05) is 0 Å². The summed E-state index contributed by atoms with van der Waals surface area (Å²) in [5.74, 6) is -0.596. The first-order valence-corrected chi connectivity index (χ1v) is 7.23. The number of hydrogen-bond donors (Lipinski definition) is 1. The molecule has 0 aromatic rings. The molecule has 2 fully saturated rings. The molecule has 1 atom stereocenters. The molecule has 1 N–H and O–H groups in total. The van der Waals surface area contributed by atoms with Crippen LogP contribution in [0.2, 0.25) is 0 Å². The molecular formula is C14H25NO3. The number of carboxylic acids is 1. The lowest BCUT2D eigenvalue weighted by atomic mass is 9.75. The van der Waals surface area contributed by atoms with Crippen molar-refractivity contribution in [2.45, 2.75) is 51.5 Å². The first-order chi connectivity index (χ1) is 8.68. The summed E-state index contributed by atoms with van der Waals surface area (Å²) in [6.45, 7) is 5.53. The predicted octanol–water partition coefficient (Wildman–Crippen LogP) is 2.13. The Kier molecular flexibility index (Phi) is 4.62. The van der Waals surface area contributed by atoms with Crippen LogP contribution in [0.4, 0.5) is 0 Å². The molecule has 4 heteroatoms. The van der Waals surface area contributed by atoms with Crippen molar-refractivity contribution < 1.29 is 14.6 Å². The maximum Gasteiger partial charge on any atom is 0.310 e. The van der Waals surface area contributed by atoms with Gasteiger partial charge >= 0.3 is 5.97 Å². The summed E-state index contributed by atoms with van der Waals surface area (Å²) in [6, 6.07) is 0.537. The lowest BCUT2D eigenvalue weighted by Crippen LogP contribution is -2.52. The van der Waals surface area contributed by atoms with Crippen LogP contribution in [-0.4, -0.2) is 48.3 Å². The molecule has 18 heavy (non-hydrogen) atoms. The van der Waals surface area contributed by atoms with E-state index in [0.717, 1.165) is 64.8 Å². The smallest absolute Gasteiger partial charge is 0.310 e. The minimum Gasteiger partial charge on any atom is -0.481 e. The van der Waals surface area contributed by atoms with Crippen molar-refractivity contribution in [2.75, 3.05) is 26.3 Å². The summed E-state index contributed by atoms with van der Waals surface area (Å²) >= 11 is 0. The zero-order valence-electron chi connectivity index (χ0n) is 11.4. The third-order valence-electron chi connectivity index (χ3n) is 4.50. The highest BCUT2D eigenvalue weighted by molar-refractivity contribution is 5.75. The van der Waals surface area contributed by atoms with Crippen molar-refractivity contribution in [3.05, 3.63) is 0 Å². The van der Waals surface area contributed by atoms with Crippen LogP contribution >= 0.6 is 0 Å². The molecule has 0 amide bonds. The second kappa shape index (κ2) is 6.02. The van der Waals surface area contributed by atoms with Gasteiger partial charge in [-0.1, -0.05) is 13.3 Å². The van der Waals surface area contributed by atoms with Crippen LogP contribution in [0.3, 0.4) is 0 Å². The molecule has 0 aromatic carbocycles. The summed E-state index contributed by atoms with van der Waals surface area (Å²) in [6.07, 6.45) is 5.74. The number of hydrogen-bond acceptors (Lipinski definition) is 3. The Bertz CT molecular complexity index is 285. The fraction of sp³-hybridized carbons (Fsp3) is 0.929. The van der Waals surface area contributed by atoms with E-state index in [9.17, 15) is 9.90 Å². The fourth-order valence-corrected chi connectivity index (χ4v) is 3.49. The van der Waals surface area contributed by atoms with Crippen molar-refractivity contribution in [1.82, 2.24) is 4.90 Å². The topological polar surface area (TPSA) is 49.8 Å².